The predicted molar refractivity (Wildman–Crippen MR) is 108 cm³/mol. The minimum Gasteiger partial charge on any atom is -0.369 e. The summed E-state index contributed by atoms with van der Waals surface area (Å²) in [6.07, 6.45) is 3.86. The molecule has 146 valence electrons. The van der Waals surface area contributed by atoms with Crippen LogP contribution >= 0.6 is 11.3 Å². The second-order valence-corrected chi connectivity index (χ2v) is 7.75. The Kier molecular flexibility index (Phi) is 8.84. The summed E-state index contributed by atoms with van der Waals surface area (Å²) in [6.45, 7) is 9.34. The van der Waals surface area contributed by atoms with Crippen molar-refractivity contribution in [2.45, 2.75) is 39.5 Å². The first-order chi connectivity index (χ1) is 12.6. The number of piperidine rings is 1. The third-order valence-electron chi connectivity index (χ3n) is 4.49. The third kappa shape index (κ3) is 7.29. The zero-order valence-corrected chi connectivity index (χ0v) is 16.8. The van der Waals surface area contributed by atoms with Crippen LogP contribution in [-0.2, 0) is 11.2 Å². The number of aryl methyl sites for hydroxylation is 1. The number of rotatable bonds is 9. The molecule has 2 rings (SSSR count). The van der Waals surface area contributed by atoms with Gasteiger partial charge in [0.25, 0.3) is 0 Å². The molecule has 2 heterocycles. The minimum atomic E-state index is -0.165. The van der Waals surface area contributed by atoms with Crippen molar-refractivity contribution in [2.75, 3.05) is 39.3 Å². The number of primary amides is 1. The molecule has 1 amide bonds. The lowest BCUT2D eigenvalue weighted by Crippen LogP contribution is -2.41. The van der Waals surface area contributed by atoms with Crippen LogP contribution in [0.2, 0.25) is 0 Å². The number of aromatic nitrogens is 1. The summed E-state index contributed by atoms with van der Waals surface area (Å²) in [6, 6.07) is 0. The van der Waals surface area contributed by atoms with Crippen LogP contribution < -0.4 is 16.4 Å². The maximum absolute atomic E-state index is 11.3. The van der Waals surface area contributed by atoms with E-state index in [1.165, 1.54) is 0 Å². The number of nitrogens with one attached hydrogen (secondary N) is 2. The summed E-state index contributed by atoms with van der Waals surface area (Å²) < 4.78 is 0. The van der Waals surface area contributed by atoms with Gasteiger partial charge in [-0.2, -0.15) is 0 Å². The van der Waals surface area contributed by atoms with Crippen LogP contribution in [0.3, 0.4) is 0 Å². The van der Waals surface area contributed by atoms with Crippen molar-refractivity contribution in [2.24, 2.45) is 16.6 Å². The maximum atomic E-state index is 11.3. The smallest absolute Gasteiger partial charge is 0.221 e. The molecule has 1 aliphatic rings. The van der Waals surface area contributed by atoms with Crippen LogP contribution in [0.25, 0.3) is 0 Å². The summed E-state index contributed by atoms with van der Waals surface area (Å²) in [5.41, 5.74) is 6.57. The second kappa shape index (κ2) is 11.1. The Morgan fingerprint density at radius 2 is 2.35 bits per heavy atom. The number of hydrogen-bond donors (Lipinski definition) is 3. The number of aliphatic imine (C=N–C) groups is 1. The molecule has 26 heavy (non-hydrogen) atoms. The standard InChI is InChI=1S/C18H32N6OS/c1-3-20-18(22-9-7-16-13-26-14(2)23-16)21-8-5-11-24-10-4-6-15(12-24)17(19)25/h13,15H,3-12H2,1-2H3,(H2,19,25)(H2,20,21,22). The molecule has 1 unspecified atom stereocenters. The van der Waals surface area contributed by atoms with E-state index in [0.29, 0.717) is 0 Å². The zero-order valence-electron chi connectivity index (χ0n) is 16.0. The Balaban J connectivity index is 1.68. The molecule has 1 aromatic heterocycles. The van der Waals surface area contributed by atoms with Crippen molar-refractivity contribution in [3.8, 4) is 0 Å². The average Bonchev–Trinajstić information content (AvgIpc) is 3.04. The van der Waals surface area contributed by atoms with Gasteiger partial charge in [-0.15, -0.1) is 11.3 Å². The van der Waals surface area contributed by atoms with Gasteiger partial charge in [0.2, 0.25) is 5.91 Å². The fourth-order valence-electron chi connectivity index (χ4n) is 3.15. The number of guanidine groups is 1. The van der Waals surface area contributed by atoms with Crippen molar-refractivity contribution in [1.29, 1.82) is 0 Å². The Morgan fingerprint density at radius 3 is 3.04 bits per heavy atom. The van der Waals surface area contributed by atoms with Gasteiger partial charge < -0.3 is 21.3 Å². The van der Waals surface area contributed by atoms with Crippen molar-refractivity contribution in [3.63, 3.8) is 0 Å². The molecule has 0 bridgehead atoms. The summed E-state index contributed by atoms with van der Waals surface area (Å²) in [5.74, 6) is 0.704. The van der Waals surface area contributed by atoms with E-state index in [2.05, 4.69) is 37.8 Å². The van der Waals surface area contributed by atoms with Gasteiger partial charge in [0, 0.05) is 38.0 Å². The topological polar surface area (TPSA) is 95.6 Å². The molecule has 0 aliphatic carbocycles. The van der Waals surface area contributed by atoms with Gasteiger partial charge in [-0.25, -0.2) is 4.98 Å². The molecular formula is C18H32N6OS. The van der Waals surface area contributed by atoms with Crippen LogP contribution in [-0.4, -0.2) is 61.0 Å². The van der Waals surface area contributed by atoms with Gasteiger partial charge in [0.1, 0.15) is 0 Å². The molecular weight excluding hydrogens is 348 g/mol. The molecule has 0 spiro atoms. The Hall–Kier alpha value is -1.67. The lowest BCUT2D eigenvalue weighted by molar-refractivity contribution is -0.123. The highest BCUT2D eigenvalue weighted by molar-refractivity contribution is 7.09. The van der Waals surface area contributed by atoms with Gasteiger partial charge in [0.15, 0.2) is 5.96 Å². The number of amides is 1. The molecule has 1 saturated heterocycles. The van der Waals surface area contributed by atoms with Crippen molar-refractivity contribution >= 4 is 23.2 Å². The number of nitrogens with two attached hydrogens (primary N) is 1. The van der Waals surface area contributed by atoms with Crippen LogP contribution in [0, 0.1) is 12.8 Å². The van der Waals surface area contributed by atoms with E-state index in [1.807, 2.05) is 6.92 Å². The summed E-state index contributed by atoms with van der Waals surface area (Å²) in [5, 5.41) is 9.87. The molecule has 1 atom stereocenters. The highest BCUT2D eigenvalue weighted by Gasteiger charge is 2.23. The van der Waals surface area contributed by atoms with Crippen LogP contribution in [0.1, 0.15) is 36.9 Å². The molecule has 1 fully saturated rings. The van der Waals surface area contributed by atoms with Gasteiger partial charge in [-0.3, -0.25) is 9.79 Å². The molecule has 0 aromatic carbocycles. The van der Waals surface area contributed by atoms with Crippen LogP contribution in [0.15, 0.2) is 10.4 Å². The van der Waals surface area contributed by atoms with Crippen LogP contribution in [0.5, 0.6) is 0 Å². The fraction of sp³-hybridized carbons (Fsp3) is 0.722. The average molecular weight is 381 g/mol. The lowest BCUT2D eigenvalue weighted by Gasteiger charge is -2.30. The Labute approximate surface area is 160 Å². The third-order valence-corrected chi connectivity index (χ3v) is 5.32. The first-order valence-corrected chi connectivity index (χ1v) is 10.4. The number of thiazole rings is 1. The maximum Gasteiger partial charge on any atom is 0.221 e. The van der Waals surface area contributed by atoms with Gasteiger partial charge in [-0.05, 0) is 46.2 Å². The lowest BCUT2D eigenvalue weighted by atomic mass is 9.97. The molecule has 0 saturated carbocycles. The van der Waals surface area contributed by atoms with E-state index in [9.17, 15) is 4.79 Å². The minimum absolute atomic E-state index is 0.0144. The summed E-state index contributed by atoms with van der Waals surface area (Å²) in [7, 11) is 0. The largest absolute Gasteiger partial charge is 0.369 e. The number of carbonyl (C=O) groups is 1. The highest BCUT2D eigenvalue weighted by Crippen LogP contribution is 2.15. The van der Waals surface area contributed by atoms with E-state index in [0.717, 1.165) is 81.6 Å². The van der Waals surface area contributed by atoms with Gasteiger partial charge >= 0.3 is 0 Å². The molecule has 1 aromatic rings. The van der Waals surface area contributed by atoms with E-state index in [1.54, 1.807) is 11.3 Å². The summed E-state index contributed by atoms with van der Waals surface area (Å²) >= 11 is 1.69. The normalized spacial score (nSPS) is 18.7. The van der Waals surface area contributed by atoms with E-state index in [-0.39, 0.29) is 11.8 Å². The monoisotopic (exact) mass is 380 g/mol. The van der Waals surface area contributed by atoms with Crippen molar-refractivity contribution in [3.05, 3.63) is 16.1 Å². The quantitative estimate of drug-likeness (QED) is 0.339. The Morgan fingerprint density at radius 1 is 1.50 bits per heavy atom. The molecule has 8 heteroatoms. The first-order valence-electron chi connectivity index (χ1n) is 9.53. The van der Waals surface area contributed by atoms with E-state index in [4.69, 9.17) is 5.73 Å². The Bertz CT molecular complexity index is 588. The van der Waals surface area contributed by atoms with Gasteiger partial charge in [-0.1, -0.05) is 0 Å². The molecule has 1 aliphatic heterocycles. The number of nitrogens with zero attached hydrogens (tertiary/aromatic N) is 3. The van der Waals surface area contributed by atoms with Crippen LogP contribution in [0.4, 0.5) is 0 Å². The predicted octanol–water partition coefficient (Wildman–Crippen LogP) is 1.14. The summed E-state index contributed by atoms with van der Waals surface area (Å²) in [4.78, 5) is 22.8. The zero-order chi connectivity index (χ0) is 18.8. The second-order valence-electron chi connectivity index (χ2n) is 6.69. The highest BCUT2D eigenvalue weighted by atomic mass is 32.1. The van der Waals surface area contributed by atoms with Crippen molar-refractivity contribution < 1.29 is 4.79 Å². The fourth-order valence-corrected chi connectivity index (χ4v) is 3.80. The number of carbonyl (C=O) groups excluding carboxylic acids is 1. The van der Waals surface area contributed by atoms with E-state index >= 15 is 0 Å². The first kappa shape index (κ1) is 20.6. The molecule has 7 nitrogen and oxygen atoms in total. The molecule has 0 radical (unpaired) electrons. The SMILES string of the molecule is CCNC(=NCCCN1CCCC(C(N)=O)C1)NCCc1csc(C)n1. The van der Waals surface area contributed by atoms with Gasteiger partial charge in [0.05, 0.1) is 16.6 Å². The number of hydrogen-bond acceptors (Lipinski definition) is 5. The number of likely N-dealkylation sites (tertiary alicyclic amines) is 1. The van der Waals surface area contributed by atoms with E-state index < -0.39 is 0 Å². The molecule has 4 N–H and O–H groups in total. The van der Waals surface area contributed by atoms with Crippen molar-refractivity contribution in [1.82, 2.24) is 20.5 Å².